The van der Waals surface area contributed by atoms with Gasteiger partial charge in [0.1, 0.15) is 17.4 Å². The fraction of sp³-hybridized carbons (Fsp3) is 0.579. The molecule has 0 amide bonds. The average Bonchev–Trinajstić information content (AvgIpc) is 3.36. The maximum atomic E-state index is 14.5. The minimum atomic E-state index is -3.34. The molecule has 1 aromatic carbocycles. The second-order valence-electron chi connectivity index (χ2n) is 7.64. The molecule has 146 valence electrons. The molecule has 0 saturated heterocycles. The minimum Gasteiger partial charge on any atom is -0.338 e. The molecule has 1 aromatic heterocycles. The van der Waals surface area contributed by atoms with Gasteiger partial charge in [-0.1, -0.05) is 36.9 Å². The van der Waals surface area contributed by atoms with Crippen LogP contribution in [-0.4, -0.2) is 23.8 Å². The Morgan fingerprint density at radius 2 is 1.81 bits per heavy atom. The van der Waals surface area contributed by atoms with Crippen LogP contribution in [0.4, 0.5) is 8.78 Å². The molecule has 0 bridgehead atoms. The average molecular weight is 396 g/mol. The Balaban J connectivity index is 1.65. The van der Waals surface area contributed by atoms with Crippen molar-refractivity contribution in [1.82, 2.24) is 10.1 Å². The molecule has 4 rings (SSSR count). The number of sulfone groups is 1. The summed E-state index contributed by atoms with van der Waals surface area (Å²) < 4.78 is 58.2. The van der Waals surface area contributed by atoms with Gasteiger partial charge in [-0.15, -0.1) is 0 Å². The summed E-state index contributed by atoms with van der Waals surface area (Å²) in [4.78, 5) is 4.34. The van der Waals surface area contributed by atoms with E-state index in [0.29, 0.717) is 37.1 Å². The van der Waals surface area contributed by atoms with Gasteiger partial charge in [-0.25, -0.2) is 17.2 Å². The zero-order chi connectivity index (χ0) is 19.1. The van der Waals surface area contributed by atoms with Crippen LogP contribution in [0.3, 0.4) is 0 Å². The zero-order valence-electron chi connectivity index (χ0n) is 15.0. The monoisotopic (exact) mass is 396 g/mol. The Hall–Kier alpha value is -1.83. The van der Waals surface area contributed by atoms with Gasteiger partial charge in [0.15, 0.2) is 15.7 Å². The molecule has 5 nitrogen and oxygen atoms in total. The summed E-state index contributed by atoms with van der Waals surface area (Å²) in [6, 6.07) is 3.52. The molecule has 2 fully saturated rings. The van der Waals surface area contributed by atoms with E-state index >= 15 is 0 Å². The van der Waals surface area contributed by atoms with E-state index in [4.69, 9.17) is 4.52 Å². The van der Waals surface area contributed by atoms with Crippen molar-refractivity contribution >= 4 is 9.84 Å². The van der Waals surface area contributed by atoms with Gasteiger partial charge >= 0.3 is 0 Å². The van der Waals surface area contributed by atoms with Gasteiger partial charge in [0.2, 0.25) is 5.89 Å². The lowest BCUT2D eigenvalue weighted by molar-refractivity contribution is 0.364. The largest absolute Gasteiger partial charge is 0.338 e. The van der Waals surface area contributed by atoms with Gasteiger partial charge in [-0.2, -0.15) is 4.98 Å². The third-order valence-electron chi connectivity index (χ3n) is 5.93. The molecular weight excluding hydrogens is 374 g/mol. The highest BCUT2D eigenvalue weighted by Gasteiger charge is 2.44. The first-order valence-electron chi connectivity index (χ1n) is 9.41. The number of aromatic nitrogens is 2. The minimum absolute atomic E-state index is 0.0469. The predicted octanol–water partition coefficient (Wildman–Crippen LogP) is 4.07. The number of rotatable bonds is 5. The molecule has 2 aliphatic rings. The number of hydrogen-bond donors (Lipinski definition) is 0. The number of nitrogens with zero attached hydrogens (tertiary/aromatic N) is 2. The topological polar surface area (TPSA) is 73.1 Å². The first-order chi connectivity index (χ1) is 12.9. The third kappa shape index (κ3) is 3.39. The molecular formula is C19H22F2N2O3S. The Morgan fingerprint density at radius 3 is 2.48 bits per heavy atom. The van der Waals surface area contributed by atoms with Gasteiger partial charge in [0.25, 0.3) is 0 Å². The van der Waals surface area contributed by atoms with Crippen molar-refractivity contribution in [3.8, 4) is 0 Å². The van der Waals surface area contributed by atoms with Crippen molar-refractivity contribution in [2.75, 3.05) is 0 Å². The fourth-order valence-electron chi connectivity index (χ4n) is 4.51. The van der Waals surface area contributed by atoms with Crippen LogP contribution in [0.25, 0.3) is 0 Å². The smallest absolute Gasteiger partial charge is 0.241 e. The van der Waals surface area contributed by atoms with E-state index in [1.807, 2.05) is 0 Å². The molecule has 0 radical (unpaired) electrons. The maximum absolute atomic E-state index is 14.5. The van der Waals surface area contributed by atoms with E-state index in [9.17, 15) is 17.2 Å². The summed E-state index contributed by atoms with van der Waals surface area (Å²) in [7, 11) is -3.34. The van der Waals surface area contributed by atoms with E-state index in [-0.39, 0.29) is 16.9 Å². The van der Waals surface area contributed by atoms with Crippen molar-refractivity contribution in [2.45, 2.75) is 67.8 Å². The first kappa shape index (κ1) is 18.5. The van der Waals surface area contributed by atoms with Crippen LogP contribution in [0.1, 0.15) is 68.6 Å². The van der Waals surface area contributed by atoms with Crippen molar-refractivity contribution in [3.05, 3.63) is 47.1 Å². The van der Waals surface area contributed by atoms with Gasteiger partial charge in [-0.05, 0) is 31.7 Å². The van der Waals surface area contributed by atoms with Crippen LogP contribution in [-0.2, 0) is 21.0 Å². The molecule has 0 atom stereocenters. The highest BCUT2D eigenvalue weighted by Crippen LogP contribution is 2.46. The maximum Gasteiger partial charge on any atom is 0.241 e. The normalized spacial score (nSPS) is 20.4. The lowest BCUT2D eigenvalue weighted by Gasteiger charge is -2.26. The highest BCUT2D eigenvalue weighted by atomic mass is 32.2. The SMILES string of the molecule is O=S(=O)(Cc1nc(C2(c3ccc(F)cc3F)CCCC2)no1)C1CCCC1. The van der Waals surface area contributed by atoms with Crippen molar-refractivity contribution < 1.29 is 21.7 Å². The summed E-state index contributed by atoms with van der Waals surface area (Å²) in [6.45, 7) is 0. The Kier molecular flexibility index (Phi) is 4.78. The van der Waals surface area contributed by atoms with Crippen LogP contribution in [0.15, 0.2) is 22.7 Å². The van der Waals surface area contributed by atoms with E-state index in [0.717, 1.165) is 31.7 Å². The van der Waals surface area contributed by atoms with Crippen LogP contribution in [0, 0.1) is 11.6 Å². The molecule has 2 saturated carbocycles. The lowest BCUT2D eigenvalue weighted by Crippen LogP contribution is -2.27. The predicted molar refractivity (Wildman–Crippen MR) is 94.8 cm³/mol. The molecule has 1 heterocycles. The summed E-state index contributed by atoms with van der Waals surface area (Å²) >= 11 is 0. The second-order valence-corrected chi connectivity index (χ2v) is 9.92. The molecule has 2 aliphatic carbocycles. The standard InChI is InChI=1S/C19H22F2N2O3S/c20-13-7-8-15(16(21)11-13)19(9-3-4-10-19)18-22-17(26-23-18)12-27(24,25)14-5-1-2-6-14/h7-8,11,14H,1-6,9-10,12H2. The van der Waals surface area contributed by atoms with Gasteiger partial charge < -0.3 is 4.52 Å². The van der Waals surface area contributed by atoms with Crippen molar-refractivity contribution in [3.63, 3.8) is 0 Å². The van der Waals surface area contributed by atoms with E-state index < -0.39 is 26.9 Å². The Labute approximate surface area is 157 Å². The number of benzene rings is 1. The number of halogens is 2. The fourth-order valence-corrected chi connectivity index (χ4v) is 6.26. The summed E-state index contributed by atoms with van der Waals surface area (Å²) in [5.74, 6) is -1.22. The molecule has 0 N–H and O–H groups in total. The van der Waals surface area contributed by atoms with E-state index in [1.165, 1.54) is 12.1 Å². The van der Waals surface area contributed by atoms with Crippen LogP contribution >= 0.6 is 0 Å². The molecule has 0 aliphatic heterocycles. The van der Waals surface area contributed by atoms with Crippen LogP contribution in [0.5, 0.6) is 0 Å². The molecule has 27 heavy (non-hydrogen) atoms. The number of hydrogen-bond acceptors (Lipinski definition) is 5. The van der Waals surface area contributed by atoms with Gasteiger partial charge in [-0.3, -0.25) is 0 Å². The zero-order valence-corrected chi connectivity index (χ0v) is 15.8. The quantitative estimate of drug-likeness (QED) is 0.762. The summed E-state index contributed by atoms with van der Waals surface area (Å²) in [5, 5.41) is 3.67. The summed E-state index contributed by atoms with van der Waals surface area (Å²) in [5.41, 5.74) is -0.455. The van der Waals surface area contributed by atoms with Crippen molar-refractivity contribution in [1.29, 1.82) is 0 Å². The van der Waals surface area contributed by atoms with Crippen LogP contribution in [0.2, 0.25) is 0 Å². The van der Waals surface area contributed by atoms with Gasteiger partial charge in [0, 0.05) is 11.6 Å². The molecule has 2 aromatic rings. The van der Waals surface area contributed by atoms with Crippen LogP contribution < -0.4 is 0 Å². The second kappa shape index (κ2) is 6.96. The van der Waals surface area contributed by atoms with Crippen molar-refractivity contribution in [2.24, 2.45) is 0 Å². The first-order valence-corrected chi connectivity index (χ1v) is 11.1. The summed E-state index contributed by atoms with van der Waals surface area (Å²) in [6.07, 6.45) is 6.15. The van der Waals surface area contributed by atoms with Gasteiger partial charge in [0.05, 0.1) is 10.7 Å². The molecule has 0 spiro atoms. The third-order valence-corrected chi connectivity index (χ3v) is 8.07. The molecule has 0 unspecified atom stereocenters. The molecule has 8 heteroatoms. The van der Waals surface area contributed by atoms with E-state index in [2.05, 4.69) is 10.1 Å². The van der Waals surface area contributed by atoms with E-state index in [1.54, 1.807) is 0 Å². The highest BCUT2D eigenvalue weighted by molar-refractivity contribution is 7.91. The lowest BCUT2D eigenvalue weighted by atomic mass is 9.78. The Morgan fingerprint density at radius 1 is 1.11 bits per heavy atom. The Bertz CT molecular complexity index is 930.